The van der Waals surface area contributed by atoms with Gasteiger partial charge in [-0.25, -0.2) is 9.59 Å². The number of rotatable bonds is 7. The summed E-state index contributed by atoms with van der Waals surface area (Å²) >= 11 is 0. The molecule has 0 saturated carbocycles. The Morgan fingerprint density at radius 2 is 1.50 bits per heavy atom. The van der Waals surface area contributed by atoms with Crippen LogP contribution in [0.5, 0.6) is 0 Å². The number of cyclic esters (lactones) is 1. The summed E-state index contributed by atoms with van der Waals surface area (Å²) in [5.74, 6) is -7.80. The van der Waals surface area contributed by atoms with Gasteiger partial charge in [0.2, 0.25) is 5.76 Å². The fraction of sp³-hybridized carbons (Fsp3) is 0.500. The summed E-state index contributed by atoms with van der Waals surface area (Å²) in [5.41, 5.74) is -2.74. The van der Waals surface area contributed by atoms with E-state index in [0.29, 0.717) is 0 Å². The molecule has 0 bridgehead atoms. The first kappa shape index (κ1) is 26.3. The Bertz CT molecular complexity index is 568. The van der Waals surface area contributed by atoms with E-state index in [1.165, 1.54) is 0 Å². The van der Waals surface area contributed by atoms with Gasteiger partial charge in [0.1, 0.15) is 6.10 Å². The van der Waals surface area contributed by atoms with Gasteiger partial charge in [0.05, 0.1) is 19.4 Å². The van der Waals surface area contributed by atoms with E-state index in [0.717, 1.165) is 0 Å². The number of aliphatic carboxylic acids is 3. The molecule has 0 aromatic carbocycles. The predicted molar refractivity (Wildman–Crippen MR) is 79.5 cm³/mol. The van der Waals surface area contributed by atoms with Gasteiger partial charge < -0.3 is 45.6 Å². The molecular formula is C12H17NaO13. The summed E-state index contributed by atoms with van der Waals surface area (Å²) in [6.45, 7) is -0.671. The number of carbonyl (C=O) groups excluding carboxylic acids is 1. The molecule has 1 aliphatic rings. The number of hydrogen-bond acceptors (Lipinski definition) is 10. The maximum atomic E-state index is 10.5. The zero-order valence-corrected chi connectivity index (χ0v) is 12.4. The molecule has 2 atom stereocenters. The van der Waals surface area contributed by atoms with Crippen LogP contribution in [0, 0.1) is 0 Å². The fourth-order valence-corrected chi connectivity index (χ4v) is 1.54. The van der Waals surface area contributed by atoms with E-state index in [2.05, 4.69) is 4.74 Å². The number of hydrogen-bond donors (Lipinski definition) is 8. The molecule has 14 heteroatoms. The van der Waals surface area contributed by atoms with Crippen molar-refractivity contribution in [3.05, 3.63) is 11.5 Å². The van der Waals surface area contributed by atoms with Gasteiger partial charge in [-0.15, -0.1) is 0 Å². The molecule has 1 heterocycles. The van der Waals surface area contributed by atoms with Crippen LogP contribution >= 0.6 is 0 Å². The molecule has 0 amide bonds. The Morgan fingerprint density at radius 3 is 1.73 bits per heavy atom. The first-order valence-corrected chi connectivity index (χ1v) is 6.37. The zero-order chi connectivity index (χ0) is 19.9. The van der Waals surface area contributed by atoms with Crippen molar-refractivity contribution < 1.29 is 64.8 Å². The molecule has 26 heavy (non-hydrogen) atoms. The minimum atomic E-state index is -2.74. The molecule has 0 aromatic heterocycles. The second-order valence-electron chi connectivity index (χ2n) is 4.79. The zero-order valence-electron chi connectivity index (χ0n) is 12.4. The third-order valence-corrected chi connectivity index (χ3v) is 2.76. The molecule has 0 aliphatic carbocycles. The van der Waals surface area contributed by atoms with Crippen LogP contribution in [0.2, 0.25) is 0 Å². The standard InChI is InChI=1S/C6H8O7.C6H8O6.Na.H/c7-3(8)1-6(13,5(11)12)2-4(9)10;7-1-2(8)5-3(9)4(10)6(11)12-5;;/h13H,1-2H2,(H,7,8)(H,9,10)(H,11,12);2,5,7-10H,1H2;;/t;2-,5+;;/m.0../s1. The molecule has 0 aromatic rings. The van der Waals surface area contributed by atoms with Crippen molar-refractivity contribution in [2.45, 2.75) is 30.7 Å². The molecular weight excluding hydrogens is 375 g/mol. The Labute approximate surface area is 167 Å². The Balaban J connectivity index is 0. The van der Waals surface area contributed by atoms with Crippen molar-refractivity contribution in [1.82, 2.24) is 0 Å². The quantitative estimate of drug-likeness (QED) is 0.157. The molecule has 144 valence electrons. The van der Waals surface area contributed by atoms with Crippen LogP contribution in [-0.4, -0.2) is 119 Å². The Morgan fingerprint density at radius 1 is 1.08 bits per heavy atom. The summed E-state index contributed by atoms with van der Waals surface area (Å²) < 4.78 is 4.32. The van der Waals surface area contributed by atoms with Crippen LogP contribution in [0.25, 0.3) is 0 Å². The van der Waals surface area contributed by atoms with Gasteiger partial charge in [0, 0.05) is 0 Å². The van der Waals surface area contributed by atoms with Crippen LogP contribution in [0.15, 0.2) is 11.5 Å². The third kappa shape index (κ3) is 7.55. The molecule has 0 spiro atoms. The molecule has 0 saturated heterocycles. The molecule has 0 radical (unpaired) electrons. The first-order valence-electron chi connectivity index (χ1n) is 6.37. The third-order valence-electron chi connectivity index (χ3n) is 2.76. The second kappa shape index (κ2) is 10.9. The molecule has 1 aliphatic heterocycles. The number of aliphatic hydroxyl groups excluding tert-OH is 4. The molecule has 8 N–H and O–H groups in total. The monoisotopic (exact) mass is 392 g/mol. The van der Waals surface area contributed by atoms with Gasteiger partial charge in [-0.2, -0.15) is 0 Å². The van der Waals surface area contributed by atoms with Gasteiger partial charge in [0.15, 0.2) is 17.5 Å². The second-order valence-corrected chi connectivity index (χ2v) is 4.79. The minimum absolute atomic E-state index is 0. The summed E-state index contributed by atoms with van der Waals surface area (Å²) in [4.78, 5) is 41.0. The Hall–Kier alpha value is -1.90. The van der Waals surface area contributed by atoms with Crippen LogP contribution in [0.3, 0.4) is 0 Å². The number of aliphatic hydroxyl groups is 5. The summed E-state index contributed by atoms with van der Waals surface area (Å²) in [5, 5.41) is 68.9. The SMILES string of the molecule is O=C(O)CC(O)(CC(=O)O)C(=O)O.O=C1O[C@H]([C@@H](O)CO)C(O)=C1O.[NaH]. The molecule has 1 rings (SSSR count). The predicted octanol–water partition coefficient (Wildman–Crippen LogP) is -3.30. The van der Waals surface area contributed by atoms with Crippen molar-refractivity contribution in [3.63, 3.8) is 0 Å². The fourth-order valence-electron chi connectivity index (χ4n) is 1.54. The van der Waals surface area contributed by atoms with E-state index in [1.54, 1.807) is 0 Å². The first-order chi connectivity index (χ1) is 11.4. The number of esters is 1. The van der Waals surface area contributed by atoms with E-state index >= 15 is 0 Å². The van der Waals surface area contributed by atoms with Crippen molar-refractivity contribution in [2.75, 3.05) is 6.61 Å². The van der Waals surface area contributed by atoms with E-state index in [-0.39, 0.29) is 29.6 Å². The Kier molecular flexibility index (Phi) is 11.1. The van der Waals surface area contributed by atoms with Gasteiger partial charge in [-0.3, -0.25) is 9.59 Å². The molecule has 0 unspecified atom stereocenters. The van der Waals surface area contributed by atoms with E-state index < -0.39 is 72.7 Å². The summed E-state index contributed by atoms with van der Waals surface area (Å²) in [7, 11) is 0. The topological polar surface area (TPSA) is 239 Å². The van der Waals surface area contributed by atoms with Gasteiger partial charge >= 0.3 is 53.4 Å². The summed E-state index contributed by atoms with van der Waals surface area (Å²) in [6.07, 6.45) is -5.07. The van der Waals surface area contributed by atoms with Crippen LogP contribution in [-0.2, 0) is 23.9 Å². The number of carbonyl (C=O) groups is 4. The van der Waals surface area contributed by atoms with Crippen molar-refractivity contribution >= 4 is 53.4 Å². The average molecular weight is 392 g/mol. The van der Waals surface area contributed by atoms with Gasteiger partial charge in [-0.1, -0.05) is 0 Å². The van der Waals surface area contributed by atoms with E-state index in [1.807, 2.05) is 0 Å². The van der Waals surface area contributed by atoms with Crippen LogP contribution < -0.4 is 0 Å². The van der Waals surface area contributed by atoms with E-state index in [4.69, 9.17) is 40.9 Å². The maximum absolute atomic E-state index is 10.5. The van der Waals surface area contributed by atoms with Crippen LogP contribution in [0.1, 0.15) is 12.8 Å². The number of ether oxygens (including phenoxy) is 1. The normalized spacial score (nSPS) is 17.3. The number of carboxylic acid groups (broad SMARTS) is 3. The van der Waals surface area contributed by atoms with E-state index in [9.17, 15) is 19.2 Å². The molecule has 13 nitrogen and oxygen atoms in total. The van der Waals surface area contributed by atoms with Crippen molar-refractivity contribution in [2.24, 2.45) is 0 Å². The van der Waals surface area contributed by atoms with Crippen molar-refractivity contribution in [1.29, 1.82) is 0 Å². The summed E-state index contributed by atoms with van der Waals surface area (Å²) in [6, 6.07) is 0. The van der Waals surface area contributed by atoms with Gasteiger partial charge in [-0.05, 0) is 0 Å². The van der Waals surface area contributed by atoms with Gasteiger partial charge in [0.25, 0.3) is 0 Å². The van der Waals surface area contributed by atoms with Crippen LogP contribution in [0.4, 0.5) is 0 Å². The average Bonchev–Trinajstić information content (AvgIpc) is 2.73. The molecule has 0 fully saturated rings. The number of carboxylic acids is 3. The van der Waals surface area contributed by atoms with Crippen molar-refractivity contribution in [3.8, 4) is 0 Å².